The molecule has 0 bridgehead atoms. The van der Waals surface area contributed by atoms with E-state index >= 15 is 0 Å². The standard InChI is InChI=1S/C11H13F3N2O/c1-6-4-7(2-3-17-6)15-11-9(13)5-8(12)10(14)16-11/h5-7H,2-4H2,1H3,(H,15,16). The lowest BCUT2D eigenvalue weighted by Crippen LogP contribution is -2.33. The largest absolute Gasteiger partial charge is 0.378 e. The molecule has 1 saturated heterocycles. The Morgan fingerprint density at radius 2 is 2.12 bits per heavy atom. The summed E-state index contributed by atoms with van der Waals surface area (Å²) in [4.78, 5) is 3.22. The van der Waals surface area contributed by atoms with Gasteiger partial charge in [0.1, 0.15) is 0 Å². The van der Waals surface area contributed by atoms with E-state index in [4.69, 9.17) is 4.74 Å². The van der Waals surface area contributed by atoms with Gasteiger partial charge in [-0.25, -0.2) is 8.78 Å². The number of hydrogen-bond acceptors (Lipinski definition) is 3. The molecule has 2 rings (SSSR count). The van der Waals surface area contributed by atoms with Crippen molar-refractivity contribution in [1.29, 1.82) is 0 Å². The van der Waals surface area contributed by atoms with Crippen LogP contribution in [0.5, 0.6) is 0 Å². The van der Waals surface area contributed by atoms with Crippen LogP contribution in [0.25, 0.3) is 0 Å². The summed E-state index contributed by atoms with van der Waals surface area (Å²) >= 11 is 0. The normalized spacial score (nSPS) is 24.7. The Morgan fingerprint density at radius 3 is 2.82 bits per heavy atom. The molecule has 2 unspecified atom stereocenters. The third-order valence-corrected chi connectivity index (χ3v) is 2.71. The third kappa shape index (κ3) is 2.88. The monoisotopic (exact) mass is 246 g/mol. The van der Waals surface area contributed by atoms with Gasteiger partial charge in [0.15, 0.2) is 17.5 Å². The summed E-state index contributed by atoms with van der Waals surface area (Å²) in [5, 5.41) is 2.77. The molecule has 0 radical (unpaired) electrons. The molecule has 1 aromatic heterocycles. The highest BCUT2D eigenvalue weighted by molar-refractivity contribution is 5.37. The summed E-state index contributed by atoms with van der Waals surface area (Å²) in [7, 11) is 0. The number of pyridine rings is 1. The first-order valence-electron chi connectivity index (χ1n) is 5.46. The first-order chi connectivity index (χ1) is 8.06. The van der Waals surface area contributed by atoms with Crippen molar-refractivity contribution in [2.75, 3.05) is 11.9 Å². The van der Waals surface area contributed by atoms with Crippen LogP contribution in [0.1, 0.15) is 19.8 Å². The van der Waals surface area contributed by atoms with E-state index in [0.29, 0.717) is 25.5 Å². The van der Waals surface area contributed by atoms with Gasteiger partial charge >= 0.3 is 0 Å². The Labute approximate surface area is 97.0 Å². The minimum absolute atomic E-state index is 0.0365. The van der Waals surface area contributed by atoms with Crippen LogP contribution >= 0.6 is 0 Å². The smallest absolute Gasteiger partial charge is 0.251 e. The van der Waals surface area contributed by atoms with Gasteiger partial charge in [-0.15, -0.1) is 0 Å². The second kappa shape index (κ2) is 4.91. The zero-order valence-electron chi connectivity index (χ0n) is 9.34. The molecular formula is C11H13F3N2O. The molecule has 1 aliphatic rings. The molecule has 1 aliphatic heterocycles. The number of halogens is 3. The number of hydrogen-bond donors (Lipinski definition) is 1. The molecule has 17 heavy (non-hydrogen) atoms. The Bertz CT molecular complexity index is 414. The van der Waals surface area contributed by atoms with Gasteiger partial charge in [-0.3, -0.25) is 0 Å². The van der Waals surface area contributed by atoms with Crippen molar-refractivity contribution in [1.82, 2.24) is 4.98 Å². The molecule has 1 N–H and O–H groups in total. The van der Waals surface area contributed by atoms with Crippen molar-refractivity contribution < 1.29 is 17.9 Å². The third-order valence-electron chi connectivity index (χ3n) is 2.71. The van der Waals surface area contributed by atoms with E-state index in [1.807, 2.05) is 6.92 Å². The van der Waals surface area contributed by atoms with E-state index < -0.39 is 17.6 Å². The maximum Gasteiger partial charge on any atom is 0.251 e. The number of anilines is 1. The molecule has 0 spiro atoms. The van der Waals surface area contributed by atoms with E-state index in [-0.39, 0.29) is 18.0 Å². The van der Waals surface area contributed by atoms with Gasteiger partial charge in [0.25, 0.3) is 5.95 Å². The SMILES string of the molecule is CC1CC(Nc2nc(F)c(F)cc2F)CCO1. The lowest BCUT2D eigenvalue weighted by Gasteiger charge is -2.28. The number of nitrogens with one attached hydrogen (secondary N) is 1. The average molecular weight is 246 g/mol. The molecule has 6 heteroatoms. The van der Waals surface area contributed by atoms with Gasteiger partial charge in [-0.2, -0.15) is 9.37 Å². The van der Waals surface area contributed by atoms with Crippen LogP contribution in [-0.2, 0) is 4.74 Å². The predicted octanol–water partition coefficient (Wildman–Crippen LogP) is 2.48. The van der Waals surface area contributed by atoms with Crippen molar-refractivity contribution in [3.05, 3.63) is 23.6 Å². The molecule has 3 nitrogen and oxygen atoms in total. The lowest BCUT2D eigenvalue weighted by atomic mass is 10.0. The molecule has 0 aliphatic carbocycles. The van der Waals surface area contributed by atoms with Gasteiger partial charge in [0.05, 0.1) is 6.10 Å². The highest BCUT2D eigenvalue weighted by atomic mass is 19.2. The van der Waals surface area contributed by atoms with Gasteiger partial charge in [0.2, 0.25) is 0 Å². The van der Waals surface area contributed by atoms with Crippen molar-refractivity contribution in [2.24, 2.45) is 0 Å². The number of ether oxygens (including phenoxy) is 1. The first kappa shape index (κ1) is 12.2. The Balaban J connectivity index is 2.10. The fraction of sp³-hybridized carbons (Fsp3) is 0.545. The summed E-state index contributed by atoms with van der Waals surface area (Å²) in [5.41, 5.74) is 0. The van der Waals surface area contributed by atoms with Crippen molar-refractivity contribution in [3.8, 4) is 0 Å². The van der Waals surface area contributed by atoms with Crippen LogP contribution in [0.3, 0.4) is 0 Å². The van der Waals surface area contributed by atoms with E-state index in [1.165, 1.54) is 0 Å². The van der Waals surface area contributed by atoms with Crippen LogP contribution in [0.4, 0.5) is 19.0 Å². The maximum absolute atomic E-state index is 13.3. The van der Waals surface area contributed by atoms with Crippen LogP contribution in [0.2, 0.25) is 0 Å². The molecule has 2 atom stereocenters. The molecule has 0 saturated carbocycles. The van der Waals surface area contributed by atoms with E-state index in [2.05, 4.69) is 10.3 Å². The summed E-state index contributed by atoms with van der Waals surface area (Å²) < 4.78 is 44.2. The lowest BCUT2D eigenvalue weighted by molar-refractivity contribution is 0.0231. The summed E-state index contributed by atoms with van der Waals surface area (Å²) in [6.45, 7) is 2.47. The molecule has 1 aromatic rings. The van der Waals surface area contributed by atoms with E-state index in [0.717, 1.165) is 0 Å². The van der Waals surface area contributed by atoms with Crippen molar-refractivity contribution in [2.45, 2.75) is 31.9 Å². The maximum atomic E-state index is 13.3. The predicted molar refractivity (Wildman–Crippen MR) is 56.2 cm³/mol. The minimum Gasteiger partial charge on any atom is -0.378 e. The Hall–Kier alpha value is -1.30. The minimum atomic E-state index is -1.30. The summed E-state index contributed by atoms with van der Waals surface area (Å²) in [6, 6.07) is 0.457. The number of nitrogens with zero attached hydrogens (tertiary/aromatic N) is 1. The molecule has 94 valence electrons. The second-order valence-corrected chi connectivity index (χ2v) is 4.14. The van der Waals surface area contributed by atoms with Gasteiger partial charge in [-0.05, 0) is 19.8 Å². The van der Waals surface area contributed by atoms with Crippen LogP contribution in [0.15, 0.2) is 6.07 Å². The fourth-order valence-corrected chi connectivity index (χ4v) is 1.87. The second-order valence-electron chi connectivity index (χ2n) is 4.14. The molecule has 2 heterocycles. The van der Waals surface area contributed by atoms with Crippen LogP contribution in [0, 0.1) is 17.6 Å². The average Bonchev–Trinajstić information content (AvgIpc) is 2.26. The zero-order chi connectivity index (χ0) is 12.4. The summed E-state index contributed by atoms with van der Waals surface area (Å²) in [6.07, 6.45) is 1.43. The van der Waals surface area contributed by atoms with Gasteiger partial charge in [0, 0.05) is 18.7 Å². The van der Waals surface area contributed by atoms with Crippen molar-refractivity contribution >= 4 is 5.82 Å². The molecule has 1 fully saturated rings. The molecule has 0 amide bonds. The van der Waals surface area contributed by atoms with Crippen molar-refractivity contribution in [3.63, 3.8) is 0 Å². The van der Waals surface area contributed by atoms with Crippen LogP contribution < -0.4 is 5.32 Å². The molecule has 0 aromatic carbocycles. The highest BCUT2D eigenvalue weighted by Crippen LogP contribution is 2.20. The summed E-state index contributed by atoms with van der Waals surface area (Å²) in [5.74, 6) is -3.71. The number of aromatic nitrogens is 1. The van der Waals surface area contributed by atoms with Crippen LogP contribution in [-0.4, -0.2) is 23.7 Å². The van der Waals surface area contributed by atoms with Gasteiger partial charge in [-0.1, -0.05) is 0 Å². The highest BCUT2D eigenvalue weighted by Gasteiger charge is 2.21. The topological polar surface area (TPSA) is 34.2 Å². The fourth-order valence-electron chi connectivity index (χ4n) is 1.87. The van der Waals surface area contributed by atoms with E-state index in [1.54, 1.807) is 0 Å². The molecular weight excluding hydrogens is 233 g/mol. The Morgan fingerprint density at radius 1 is 1.35 bits per heavy atom. The number of rotatable bonds is 2. The van der Waals surface area contributed by atoms with E-state index in [9.17, 15) is 13.2 Å². The van der Waals surface area contributed by atoms with Gasteiger partial charge < -0.3 is 10.1 Å². The Kier molecular flexibility index (Phi) is 3.51. The zero-order valence-corrected chi connectivity index (χ0v) is 9.34. The first-order valence-corrected chi connectivity index (χ1v) is 5.46. The quantitative estimate of drug-likeness (QED) is 0.814.